The minimum Gasteiger partial charge on any atom is -0.330 e. The third-order valence-corrected chi connectivity index (χ3v) is 18.2. The molecule has 2 atom stereocenters. The minimum absolute atomic E-state index is 0.0858. The highest BCUT2D eigenvalue weighted by atomic mass is 15.3. The second-order valence-electron chi connectivity index (χ2n) is 22.5. The molecule has 0 aromatic heterocycles. The van der Waals surface area contributed by atoms with Gasteiger partial charge in [-0.1, -0.05) is 219 Å². The first-order valence-electron chi connectivity index (χ1n) is 27.7. The topological polar surface area (TPSA) is 9.72 Å². The van der Waals surface area contributed by atoms with Crippen LogP contribution in [0.5, 0.6) is 0 Å². The fraction of sp³-hybridized carbons (Fsp3) is 0.108. The van der Waals surface area contributed by atoms with Crippen molar-refractivity contribution in [1.82, 2.24) is 0 Å². The van der Waals surface area contributed by atoms with E-state index in [0.717, 1.165) is 24.2 Å². The van der Waals surface area contributed by atoms with E-state index in [1.165, 1.54) is 123 Å². The number of anilines is 8. The van der Waals surface area contributed by atoms with E-state index in [1.807, 2.05) is 0 Å². The number of fused-ring (bicyclic) bond motifs is 9. The Hall–Kier alpha value is -9.12. The van der Waals surface area contributed by atoms with Gasteiger partial charge in [-0.25, -0.2) is 0 Å². The molecular weight excluding hydrogens is 942 g/mol. The largest absolute Gasteiger partial charge is 0.330 e. The van der Waals surface area contributed by atoms with Gasteiger partial charge in [0.05, 0.1) is 5.54 Å². The van der Waals surface area contributed by atoms with Gasteiger partial charge in [-0.3, -0.25) is 0 Å². The van der Waals surface area contributed by atoms with Crippen molar-refractivity contribution in [1.29, 1.82) is 0 Å². The minimum atomic E-state index is -0.431. The van der Waals surface area contributed by atoms with Crippen LogP contribution in [-0.4, -0.2) is 6.71 Å². The van der Waals surface area contributed by atoms with E-state index in [0.29, 0.717) is 0 Å². The smallest absolute Gasteiger partial charge is 0.252 e. The number of hydrogen-bond donors (Lipinski definition) is 0. The third kappa shape index (κ3) is 6.92. The van der Waals surface area contributed by atoms with Crippen molar-refractivity contribution in [3.8, 4) is 44.5 Å². The Labute approximate surface area is 459 Å². The van der Waals surface area contributed by atoms with Crippen molar-refractivity contribution in [2.45, 2.75) is 51.5 Å². The summed E-state index contributed by atoms with van der Waals surface area (Å²) in [7, 11) is 0. The molecule has 11 aromatic rings. The molecule has 0 saturated carbocycles. The van der Waals surface area contributed by atoms with Gasteiger partial charge in [-0.2, -0.15) is 0 Å². The van der Waals surface area contributed by atoms with Crippen LogP contribution in [0.4, 0.5) is 45.5 Å². The zero-order valence-corrected chi connectivity index (χ0v) is 44.6. The zero-order chi connectivity index (χ0) is 52.3. The average Bonchev–Trinajstić information content (AvgIpc) is 2.62. The van der Waals surface area contributed by atoms with Gasteiger partial charge in [0.15, 0.2) is 0 Å². The molecule has 1 aliphatic carbocycles. The molecule has 0 spiro atoms. The Bertz CT molecular complexity index is 3970. The van der Waals surface area contributed by atoms with Crippen LogP contribution in [0.3, 0.4) is 0 Å². The maximum Gasteiger partial charge on any atom is 0.252 e. The fourth-order valence-corrected chi connectivity index (χ4v) is 14.4. The Morgan fingerprint density at radius 3 is 1.32 bits per heavy atom. The molecule has 0 saturated heterocycles. The summed E-state index contributed by atoms with van der Waals surface area (Å²) in [6.45, 7) is 9.65. The van der Waals surface area contributed by atoms with Crippen LogP contribution in [0.25, 0.3) is 44.5 Å². The average molecular weight is 1000 g/mol. The molecule has 0 radical (unpaired) electrons. The molecule has 4 aliphatic rings. The molecular formula is C74H58BN3. The summed E-state index contributed by atoms with van der Waals surface area (Å²) in [5.74, 6) is 0. The lowest BCUT2D eigenvalue weighted by Gasteiger charge is -2.52. The van der Waals surface area contributed by atoms with E-state index in [4.69, 9.17) is 0 Å². The van der Waals surface area contributed by atoms with Crippen LogP contribution in [0.2, 0.25) is 0 Å². The maximum atomic E-state index is 2.80. The molecule has 2 unspecified atom stereocenters. The normalized spacial score (nSPS) is 17.4. The number of aryl methyl sites for hydroxylation is 3. The summed E-state index contributed by atoms with van der Waals surface area (Å²) in [6, 6.07) is 95.9. The van der Waals surface area contributed by atoms with Crippen molar-refractivity contribution >= 4 is 68.6 Å². The van der Waals surface area contributed by atoms with E-state index in [9.17, 15) is 0 Å². The number of hydrogen-bond acceptors (Lipinski definition) is 3. The van der Waals surface area contributed by atoms with Crippen LogP contribution in [0, 0.1) is 13.8 Å². The van der Waals surface area contributed by atoms with E-state index in [1.54, 1.807) is 0 Å². The monoisotopic (exact) mass is 999 g/mol. The molecule has 4 heteroatoms. The highest BCUT2D eigenvalue weighted by Crippen LogP contribution is 2.65. The zero-order valence-electron chi connectivity index (χ0n) is 44.6. The van der Waals surface area contributed by atoms with Crippen molar-refractivity contribution in [3.63, 3.8) is 0 Å². The number of rotatable bonds is 7. The van der Waals surface area contributed by atoms with Gasteiger partial charge in [0.25, 0.3) is 6.71 Å². The Morgan fingerprint density at radius 2 is 0.821 bits per heavy atom. The molecule has 0 amide bonds. The van der Waals surface area contributed by atoms with Crippen LogP contribution < -0.4 is 31.1 Å². The number of benzene rings is 11. The van der Waals surface area contributed by atoms with E-state index in [-0.39, 0.29) is 12.1 Å². The second kappa shape index (κ2) is 17.7. The quantitative estimate of drug-likeness (QED) is 0.147. The maximum absolute atomic E-state index is 2.80. The molecule has 78 heavy (non-hydrogen) atoms. The van der Waals surface area contributed by atoms with E-state index < -0.39 is 5.54 Å². The highest BCUT2D eigenvalue weighted by Gasteiger charge is 2.60. The van der Waals surface area contributed by atoms with Gasteiger partial charge < -0.3 is 14.7 Å². The first-order valence-corrected chi connectivity index (χ1v) is 27.7. The molecule has 0 fully saturated rings. The summed E-state index contributed by atoms with van der Waals surface area (Å²) in [5, 5.41) is 0. The summed E-state index contributed by atoms with van der Waals surface area (Å²) >= 11 is 0. The van der Waals surface area contributed by atoms with Gasteiger partial charge in [0.2, 0.25) is 0 Å². The Kier molecular flexibility index (Phi) is 10.5. The third-order valence-electron chi connectivity index (χ3n) is 18.2. The number of nitrogens with zero attached hydrogens (tertiary/aromatic N) is 3. The molecule has 11 aromatic carbocycles. The van der Waals surface area contributed by atoms with Crippen LogP contribution in [-0.2, 0) is 17.4 Å². The first kappa shape index (κ1) is 46.2. The summed E-state index contributed by atoms with van der Waals surface area (Å²) in [5.41, 5.74) is 29.2. The molecule has 0 bridgehead atoms. The highest BCUT2D eigenvalue weighted by molar-refractivity contribution is 7.00. The van der Waals surface area contributed by atoms with Gasteiger partial charge in [-0.05, 0) is 165 Å². The van der Waals surface area contributed by atoms with Crippen molar-refractivity contribution in [2.75, 3.05) is 14.7 Å². The SMILES string of the molecule is Cc1cc(C)c2c(c1)C1(C)CCc3ccccc3C1(C)N2c1cc2c3c(c1)N(c1cccc(-c4ccccc4)c1)c1cc(-c4ccccc4)ccc1B3c1ccc(-c3ccccc3)cc1N2c1cccc(-c2ccccc2)c1. The predicted octanol–water partition coefficient (Wildman–Crippen LogP) is 17.3. The van der Waals surface area contributed by atoms with E-state index >= 15 is 0 Å². The molecule has 372 valence electrons. The predicted molar refractivity (Wildman–Crippen MR) is 330 cm³/mol. The standard InChI is InChI=1S/C74H58BN3/c1-49-41-50(2)72-64(42-49)73(3)40-39-55-29-17-18-34-63(55)74(73,4)78(72)62-47-69-71-70(48-62)77(61-33-20-31-57(44-61)52-23-11-6-12-24-52)68-46-59(54-27-15-8-16-28-54)36-38-66(68)75(71)65-37-35-58(53-25-13-7-14-26-53)45-67(65)76(69)60-32-19-30-56(43-60)51-21-9-5-10-22-51/h5-38,41-48H,39-40H2,1-4H3. The lowest BCUT2D eigenvalue weighted by Crippen LogP contribution is -2.61. The van der Waals surface area contributed by atoms with Gasteiger partial charge >= 0.3 is 0 Å². The molecule has 3 heterocycles. The lowest BCUT2D eigenvalue weighted by molar-refractivity contribution is 0.245. The van der Waals surface area contributed by atoms with Crippen LogP contribution >= 0.6 is 0 Å². The summed E-state index contributed by atoms with van der Waals surface area (Å²) < 4.78 is 0. The first-order chi connectivity index (χ1) is 38.2. The van der Waals surface area contributed by atoms with Crippen molar-refractivity contribution < 1.29 is 0 Å². The molecule has 0 N–H and O–H groups in total. The summed E-state index contributed by atoms with van der Waals surface area (Å²) in [6.07, 6.45) is 2.09. The molecule has 15 rings (SSSR count). The Balaban J connectivity index is 1.09. The fourth-order valence-electron chi connectivity index (χ4n) is 14.4. The second-order valence-corrected chi connectivity index (χ2v) is 22.5. The Morgan fingerprint density at radius 1 is 0.372 bits per heavy atom. The van der Waals surface area contributed by atoms with Gasteiger partial charge in [0.1, 0.15) is 0 Å². The van der Waals surface area contributed by atoms with Crippen LogP contribution in [0.1, 0.15) is 48.1 Å². The molecule has 3 nitrogen and oxygen atoms in total. The van der Waals surface area contributed by atoms with E-state index in [2.05, 4.69) is 297 Å². The van der Waals surface area contributed by atoms with Crippen molar-refractivity contribution in [3.05, 3.63) is 283 Å². The van der Waals surface area contributed by atoms with Crippen molar-refractivity contribution in [2.24, 2.45) is 0 Å². The molecule has 3 aliphatic heterocycles. The lowest BCUT2D eigenvalue weighted by atomic mass is 9.33. The summed E-state index contributed by atoms with van der Waals surface area (Å²) in [4.78, 5) is 8.03. The van der Waals surface area contributed by atoms with Gasteiger partial charge in [-0.15, -0.1) is 0 Å². The van der Waals surface area contributed by atoms with Gasteiger partial charge in [0, 0.05) is 50.9 Å². The van der Waals surface area contributed by atoms with Crippen LogP contribution in [0.15, 0.2) is 255 Å².